The van der Waals surface area contributed by atoms with Crippen molar-refractivity contribution in [2.75, 3.05) is 58.2 Å². The maximum absolute atomic E-state index is 5.37. The fourth-order valence-corrected chi connectivity index (χ4v) is 3.23. The van der Waals surface area contributed by atoms with Crippen LogP contribution in [-0.2, 0) is 0 Å². The average Bonchev–Trinajstić information content (AvgIpc) is 2.48. The van der Waals surface area contributed by atoms with Crippen LogP contribution in [0.3, 0.4) is 0 Å². The number of thioether (sulfide) groups is 3. The molecule has 0 rings (SSSR count). The van der Waals surface area contributed by atoms with E-state index in [0.29, 0.717) is 0 Å². The lowest BCUT2D eigenvalue weighted by Gasteiger charge is -1.89. The summed E-state index contributed by atoms with van der Waals surface area (Å²) < 4.78 is 0. The molecule has 8 heteroatoms. The number of alkyl halides is 5. The van der Waals surface area contributed by atoms with E-state index >= 15 is 0 Å². The molecule has 0 aliphatic carbocycles. The third kappa shape index (κ3) is 42.7. The third-order valence-corrected chi connectivity index (χ3v) is 5.91. The molecule has 0 aromatic heterocycles. The highest BCUT2D eigenvalue weighted by molar-refractivity contribution is 8.02. The van der Waals surface area contributed by atoms with Gasteiger partial charge < -0.3 is 0 Å². The van der Waals surface area contributed by atoms with Crippen molar-refractivity contribution in [1.29, 1.82) is 0 Å². The summed E-state index contributed by atoms with van der Waals surface area (Å²) in [6.45, 7) is 3.50. The molecule has 0 heterocycles. The van der Waals surface area contributed by atoms with E-state index in [1.165, 1.54) is 0 Å². The lowest BCUT2D eigenvalue weighted by Crippen LogP contribution is -1.83. The zero-order valence-corrected chi connectivity index (χ0v) is 17.7. The molecule has 0 spiro atoms. The van der Waals surface area contributed by atoms with Crippen molar-refractivity contribution in [3.05, 3.63) is 12.0 Å². The van der Waals surface area contributed by atoms with Gasteiger partial charge in [0.25, 0.3) is 0 Å². The fourth-order valence-electron chi connectivity index (χ4n) is 0.550. The van der Waals surface area contributed by atoms with Gasteiger partial charge in [0.05, 0.1) is 0 Å². The van der Waals surface area contributed by atoms with Crippen molar-refractivity contribution in [3.8, 4) is 0 Å². The van der Waals surface area contributed by atoms with Crippen LogP contribution in [0.15, 0.2) is 12.0 Å². The van der Waals surface area contributed by atoms with Gasteiger partial charge in [-0.25, -0.2) is 0 Å². The molecule has 0 aliphatic rings. The zero-order chi connectivity index (χ0) is 15.9. The molecule has 0 nitrogen and oxygen atoms in total. The second kappa shape index (κ2) is 33.0. The van der Waals surface area contributed by atoms with E-state index in [1.807, 2.05) is 0 Å². The van der Waals surface area contributed by atoms with Crippen LogP contribution in [0, 0.1) is 0 Å². The standard InChI is InChI=1S/2C4H8Cl2S.C4H7ClS.H2/c2*5-1-3-7-4-2-6;1-2-6-4-3-5;/h2*1-4H2;2H,1,3-4H2;1H. The summed E-state index contributed by atoms with van der Waals surface area (Å²) in [5.74, 6) is 8.74. The molecule has 0 amide bonds. The first-order chi connectivity index (χ1) is 9.74. The van der Waals surface area contributed by atoms with E-state index in [1.54, 1.807) is 40.7 Å². The molecule has 0 saturated carbocycles. The number of hydrogen-bond acceptors (Lipinski definition) is 3. The van der Waals surface area contributed by atoms with Gasteiger partial charge in [-0.05, 0) is 5.41 Å². The first kappa shape index (κ1) is 27.1. The van der Waals surface area contributed by atoms with Crippen molar-refractivity contribution in [3.63, 3.8) is 0 Å². The Morgan fingerprint density at radius 3 is 1.10 bits per heavy atom. The molecule has 0 aromatic carbocycles. The fraction of sp³-hybridized carbons (Fsp3) is 0.833. The second-order valence-electron chi connectivity index (χ2n) is 2.71. The Morgan fingerprint density at radius 2 is 0.950 bits per heavy atom. The van der Waals surface area contributed by atoms with Crippen LogP contribution in [0.25, 0.3) is 0 Å². The highest BCUT2D eigenvalue weighted by atomic mass is 35.5. The maximum atomic E-state index is 5.37. The number of halogens is 5. The molecule has 0 saturated heterocycles. The van der Waals surface area contributed by atoms with Crippen LogP contribution in [0.1, 0.15) is 1.43 Å². The van der Waals surface area contributed by atoms with Gasteiger partial charge >= 0.3 is 0 Å². The minimum Gasteiger partial charge on any atom is -0.160 e. The van der Waals surface area contributed by atoms with Crippen molar-refractivity contribution >= 4 is 93.3 Å². The van der Waals surface area contributed by atoms with Gasteiger partial charge in [0, 0.05) is 59.6 Å². The van der Waals surface area contributed by atoms with Crippen LogP contribution in [0.4, 0.5) is 0 Å². The summed E-state index contributed by atoms with van der Waals surface area (Å²) in [6, 6.07) is 0. The summed E-state index contributed by atoms with van der Waals surface area (Å²) >= 11 is 32.0. The molecule has 126 valence electrons. The maximum Gasteiger partial charge on any atom is 0.0317 e. The largest absolute Gasteiger partial charge is 0.160 e. The monoisotopic (exact) mass is 440 g/mol. The van der Waals surface area contributed by atoms with Gasteiger partial charge in [-0.1, -0.05) is 6.58 Å². The molecule has 0 radical (unpaired) electrons. The summed E-state index contributed by atoms with van der Waals surface area (Å²) in [4.78, 5) is 0. The first-order valence-corrected chi connectivity index (χ1v) is 12.0. The van der Waals surface area contributed by atoms with Gasteiger partial charge in [-0.2, -0.15) is 23.5 Å². The van der Waals surface area contributed by atoms with Crippen molar-refractivity contribution in [2.24, 2.45) is 0 Å². The van der Waals surface area contributed by atoms with E-state index in [0.717, 1.165) is 58.2 Å². The molecule has 0 fully saturated rings. The number of hydrogen-bond donors (Lipinski definition) is 0. The highest BCUT2D eigenvalue weighted by Crippen LogP contribution is 2.00. The smallest absolute Gasteiger partial charge is 0.0317 e. The Bertz CT molecular complexity index is 141. The van der Waals surface area contributed by atoms with Gasteiger partial charge in [-0.3, -0.25) is 0 Å². The molecule has 0 aliphatic heterocycles. The summed E-state index contributed by atoms with van der Waals surface area (Å²) in [6.07, 6.45) is 0. The predicted octanol–water partition coefficient (Wildman–Crippen LogP) is 6.74. The molecule has 0 aromatic rings. The molecular formula is C12H25Cl5S3. The van der Waals surface area contributed by atoms with Gasteiger partial charge in [0.15, 0.2) is 0 Å². The minimum absolute atomic E-state index is 0. The Hall–Kier alpha value is 2.24. The Morgan fingerprint density at radius 1 is 0.650 bits per heavy atom. The van der Waals surface area contributed by atoms with Gasteiger partial charge in [0.2, 0.25) is 0 Å². The van der Waals surface area contributed by atoms with Gasteiger partial charge in [-0.15, -0.1) is 69.8 Å². The van der Waals surface area contributed by atoms with E-state index in [2.05, 4.69) is 6.58 Å². The van der Waals surface area contributed by atoms with Gasteiger partial charge in [0.1, 0.15) is 0 Å². The second-order valence-corrected chi connectivity index (χ2v) is 8.12. The lowest BCUT2D eigenvalue weighted by molar-refractivity contribution is 1.47. The Kier molecular flexibility index (Phi) is 44.7. The minimum atomic E-state index is 0. The zero-order valence-electron chi connectivity index (χ0n) is 11.5. The van der Waals surface area contributed by atoms with Crippen LogP contribution in [0.2, 0.25) is 0 Å². The molecule has 0 N–H and O–H groups in total. The van der Waals surface area contributed by atoms with E-state index < -0.39 is 0 Å². The van der Waals surface area contributed by atoms with E-state index in [9.17, 15) is 0 Å². The molecule has 0 unspecified atom stereocenters. The van der Waals surface area contributed by atoms with Crippen molar-refractivity contribution in [2.45, 2.75) is 0 Å². The van der Waals surface area contributed by atoms with E-state index in [-0.39, 0.29) is 1.43 Å². The summed E-state index contributed by atoms with van der Waals surface area (Å²) in [7, 11) is 0. The molecule has 0 atom stereocenters. The van der Waals surface area contributed by atoms with Crippen molar-refractivity contribution in [1.82, 2.24) is 0 Å². The third-order valence-electron chi connectivity index (χ3n) is 1.20. The summed E-state index contributed by atoms with van der Waals surface area (Å²) in [5, 5.41) is 1.79. The predicted molar refractivity (Wildman–Crippen MR) is 113 cm³/mol. The SMILES string of the molecule is C=CSCCCl.ClCCSCCCl.ClCCSCCCl.[HH]. The van der Waals surface area contributed by atoms with Crippen LogP contribution >= 0.6 is 93.3 Å². The number of rotatable bonds is 11. The van der Waals surface area contributed by atoms with Crippen LogP contribution in [0.5, 0.6) is 0 Å². The molecular weight excluding hydrogens is 418 g/mol. The Labute approximate surface area is 163 Å². The van der Waals surface area contributed by atoms with E-state index in [4.69, 9.17) is 58.0 Å². The summed E-state index contributed by atoms with van der Waals surface area (Å²) in [5.41, 5.74) is 0. The first-order valence-electron chi connectivity index (χ1n) is 5.92. The topological polar surface area (TPSA) is 0 Å². The lowest BCUT2D eigenvalue weighted by atomic mass is 10.9. The average molecular weight is 443 g/mol. The Balaban J connectivity index is -0.000000101. The molecule has 0 bridgehead atoms. The highest BCUT2D eigenvalue weighted by Gasteiger charge is 1.82. The quantitative estimate of drug-likeness (QED) is 0.257. The van der Waals surface area contributed by atoms with Crippen molar-refractivity contribution < 1.29 is 1.43 Å². The normalized spacial score (nSPS) is 9.05. The van der Waals surface area contributed by atoms with Crippen LogP contribution < -0.4 is 0 Å². The van der Waals surface area contributed by atoms with Crippen LogP contribution in [-0.4, -0.2) is 58.2 Å². The molecule has 20 heavy (non-hydrogen) atoms.